The summed E-state index contributed by atoms with van der Waals surface area (Å²) >= 11 is 0. The van der Waals surface area contributed by atoms with Gasteiger partial charge in [0, 0.05) is 54.7 Å². The lowest BCUT2D eigenvalue weighted by Gasteiger charge is -2.09. The molecule has 51 heavy (non-hydrogen) atoms. The highest BCUT2D eigenvalue weighted by atomic mass is 16.3. The van der Waals surface area contributed by atoms with Gasteiger partial charge in [0.25, 0.3) is 0 Å². The minimum absolute atomic E-state index is 0.0440. The van der Waals surface area contributed by atoms with E-state index in [1.54, 1.807) is 0 Å². The number of furan rings is 2. The molecule has 6 nitrogen and oxygen atoms in total. The smallest absolute Gasteiger partial charge is 0.164 e. The molecule has 0 bridgehead atoms. The molecule has 7 aromatic carbocycles. The SMILES string of the molecule is [2H]c1c([2H])c([2H])c(-c2nc(-c3ccc4c(c3)oc3ccccc34)nc(-c3ccc4oc5ccc(-n6c7ccccc7c7ccccc76)cc5c4c3)n2)c([2H])c1[2H]. The maximum Gasteiger partial charge on any atom is 0.164 e. The summed E-state index contributed by atoms with van der Waals surface area (Å²) in [5.41, 5.74) is 7.09. The monoisotopic (exact) mass is 659 g/mol. The number of hydrogen-bond donors (Lipinski definition) is 0. The molecule has 0 atom stereocenters. The van der Waals surface area contributed by atoms with Gasteiger partial charge in [-0.25, -0.2) is 15.0 Å². The van der Waals surface area contributed by atoms with Gasteiger partial charge < -0.3 is 13.4 Å². The molecule has 0 aliphatic rings. The Hall–Kier alpha value is -7.05. The van der Waals surface area contributed by atoms with Gasteiger partial charge in [-0.3, -0.25) is 0 Å². The zero-order chi connectivity index (χ0) is 37.8. The summed E-state index contributed by atoms with van der Waals surface area (Å²) in [6.07, 6.45) is 0. The van der Waals surface area contributed by atoms with Crippen LogP contribution in [0.4, 0.5) is 0 Å². The molecule has 0 radical (unpaired) electrons. The summed E-state index contributed by atoms with van der Waals surface area (Å²) in [6.45, 7) is 0. The van der Waals surface area contributed by atoms with Gasteiger partial charge in [0.2, 0.25) is 0 Å². The van der Waals surface area contributed by atoms with Crippen LogP contribution >= 0.6 is 0 Å². The Bertz CT molecular complexity index is 3380. The number of hydrogen-bond acceptors (Lipinski definition) is 5. The minimum Gasteiger partial charge on any atom is -0.456 e. The van der Waals surface area contributed by atoms with E-state index in [2.05, 4.69) is 53.1 Å². The van der Waals surface area contributed by atoms with Crippen molar-refractivity contribution in [3.05, 3.63) is 158 Å². The van der Waals surface area contributed by atoms with Crippen molar-refractivity contribution in [3.63, 3.8) is 0 Å². The van der Waals surface area contributed by atoms with Crippen molar-refractivity contribution in [2.24, 2.45) is 0 Å². The fourth-order valence-corrected chi connectivity index (χ4v) is 7.22. The van der Waals surface area contributed by atoms with Crippen molar-refractivity contribution >= 4 is 65.7 Å². The lowest BCUT2D eigenvalue weighted by atomic mass is 10.1. The molecule has 4 heterocycles. The number of fused-ring (bicyclic) bond motifs is 9. The number of rotatable bonds is 4. The Balaban J connectivity index is 1.12. The van der Waals surface area contributed by atoms with Crippen LogP contribution in [0, 0.1) is 0 Å². The lowest BCUT2D eigenvalue weighted by molar-refractivity contribution is 0.668. The first kappa shape index (κ1) is 23.3. The lowest BCUT2D eigenvalue weighted by Crippen LogP contribution is -2.00. The normalized spacial score (nSPS) is 13.3. The van der Waals surface area contributed by atoms with Crippen molar-refractivity contribution in [2.75, 3.05) is 0 Å². The van der Waals surface area contributed by atoms with Gasteiger partial charge in [-0.05, 0) is 66.7 Å². The summed E-state index contributed by atoms with van der Waals surface area (Å²) in [5, 5.41) is 5.99. The Kier molecular flexibility index (Phi) is 4.91. The molecule has 0 saturated carbocycles. The third-order valence-corrected chi connectivity index (χ3v) is 9.55. The summed E-state index contributed by atoms with van der Waals surface area (Å²) in [6, 6.07) is 39.8. The zero-order valence-corrected chi connectivity index (χ0v) is 26.7. The van der Waals surface area contributed by atoms with Crippen molar-refractivity contribution in [2.45, 2.75) is 0 Å². The largest absolute Gasteiger partial charge is 0.456 e. The van der Waals surface area contributed by atoms with Crippen LogP contribution in [0.3, 0.4) is 0 Å². The van der Waals surface area contributed by atoms with Crippen LogP contribution < -0.4 is 0 Å². The molecule has 0 aliphatic heterocycles. The summed E-state index contributed by atoms with van der Waals surface area (Å²) in [5.74, 6) is 0.471. The molecule has 0 N–H and O–H groups in total. The van der Waals surface area contributed by atoms with Gasteiger partial charge in [-0.1, -0.05) is 90.9 Å². The maximum atomic E-state index is 8.75. The molecular formula is C45H26N4O2. The summed E-state index contributed by atoms with van der Waals surface area (Å²) < 4.78 is 57.2. The predicted molar refractivity (Wildman–Crippen MR) is 205 cm³/mol. The van der Waals surface area contributed by atoms with Gasteiger partial charge in [0.1, 0.15) is 22.3 Å². The second-order valence-electron chi connectivity index (χ2n) is 12.5. The van der Waals surface area contributed by atoms with Crippen molar-refractivity contribution in [3.8, 4) is 39.9 Å². The molecule has 6 heteroatoms. The third kappa shape index (κ3) is 4.33. The molecule has 0 unspecified atom stereocenters. The van der Waals surface area contributed by atoms with E-state index in [-0.39, 0.29) is 23.0 Å². The highest BCUT2D eigenvalue weighted by Crippen LogP contribution is 2.37. The molecule has 0 saturated heterocycles. The van der Waals surface area contributed by atoms with E-state index in [1.165, 1.54) is 10.8 Å². The highest BCUT2D eigenvalue weighted by Gasteiger charge is 2.18. The summed E-state index contributed by atoms with van der Waals surface area (Å²) in [7, 11) is 0. The van der Waals surface area contributed by atoms with Crippen LogP contribution in [-0.2, 0) is 0 Å². The van der Waals surface area contributed by atoms with Crippen LogP contribution in [-0.4, -0.2) is 19.5 Å². The van der Waals surface area contributed by atoms with Gasteiger partial charge in [0.05, 0.1) is 17.9 Å². The molecule has 0 amide bonds. The van der Waals surface area contributed by atoms with Crippen molar-refractivity contribution in [1.82, 2.24) is 19.5 Å². The average Bonchev–Trinajstić information content (AvgIpc) is 3.91. The van der Waals surface area contributed by atoms with Crippen LogP contribution in [0.1, 0.15) is 6.85 Å². The predicted octanol–water partition coefficient (Wildman–Crippen LogP) is 11.8. The zero-order valence-electron chi connectivity index (χ0n) is 31.7. The molecular weight excluding hydrogens is 629 g/mol. The quantitative estimate of drug-likeness (QED) is 0.188. The van der Waals surface area contributed by atoms with Gasteiger partial charge in [-0.15, -0.1) is 0 Å². The van der Waals surface area contributed by atoms with Crippen LogP contribution in [0.2, 0.25) is 0 Å². The maximum absolute atomic E-state index is 8.75. The van der Waals surface area contributed by atoms with Gasteiger partial charge >= 0.3 is 0 Å². The number of benzene rings is 7. The van der Waals surface area contributed by atoms with Gasteiger partial charge in [0.15, 0.2) is 17.5 Å². The molecule has 238 valence electrons. The van der Waals surface area contributed by atoms with E-state index in [4.69, 9.17) is 30.6 Å². The van der Waals surface area contributed by atoms with Crippen LogP contribution in [0.15, 0.2) is 166 Å². The Morgan fingerprint density at radius 1 is 0.412 bits per heavy atom. The number of nitrogens with zero attached hydrogens (tertiary/aromatic N) is 4. The topological polar surface area (TPSA) is 69.9 Å². The van der Waals surface area contributed by atoms with Crippen LogP contribution in [0.5, 0.6) is 0 Å². The standard InChI is InChI=1S/C45H26N4O2/c1-2-10-27(11-3-1)43-46-44(48-45(47-43)29-18-21-34-33-14-6-9-17-39(33)51-42(34)25-29)28-19-22-40-35(24-28)36-26-30(20-23-41(36)50-40)49-37-15-7-4-12-31(37)32-13-5-8-16-38(32)49/h1-26H/i1D,2D,3D,10D,11D. The second-order valence-corrected chi connectivity index (χ2v) is 12.5. The fourth-order valence-electron chi connectivity index (χ4n) is 7.22. The van der Waals surface area contributed by atoms with Crippen molar-refractivity contribution in [1.29, 1.82) is 0 Å². The Labute approximate surface area is 297 Å². The van der Waals surface area contributed by atoms with E-state index in [0.29, 0.717) is 22.3 Å². The van der Waals surface area contributed by atoms with Crippen LogP contribution in [0.25, 0.3) is 106 Å². The highest BCUT2D eigenvalue weighted by molar-refractivity contribution is 6.11. The first-order valence-electron chi connectivity index (χ1n) is 19.0. The second kappa shape index (κ2) is 10.7. The van der Waals surface area contributed by atoms with Crippen molar-refractivity contribution < 1.29 is 15.7 Å². The Morgan fingerprint density at radius 3 is 1.69 bits per heavy atom. The van der Waals surface area contributed by atoms with E-state index < -0.39 is 30.2 Å². The minimum atomic E-state index is -0.494. The fraction of sp³-hybridized carbons (Fsp3) is 0. The molecule has 11 aromatic rings. The summed E-state index contributed by atoms with van der Waals surface area (Å²) in [4.78, 5) is 14.4. The molecule has 0 aliphatic carbocycles. The number of aromatic nitrogens is 4. The van der Waals surface area contributed by atoms with E-state index in [0.717, 1.165) is 49.4 Å². The van der Waals surface area contributed by atoms with E-state index >= 15 is 0 Å². The molecule has 0 fully saturated rings. The first-order valence-corrected chi connectivity index (χ1v) is 16.5. The molecule has 11 rings (SSSR count). The van der Waals surface area contributed by atoms with Gasteiger partial charge in [-0.2, -0.15) is 0 Å². The number of para-hydroxylation sites is 3. The van der Waals surface area contributed by atoms with E-state index in [9.17, 15) is 0 Å². The Morgan fingerprint density at radius 2 is 0.941 bits per heavy atom. The first-order chi connectivity index (χ1) is 27.3. The third-order valence-electron chi connectivity index (χ3n) is 9.55. The van der Waals surface area contributed by atoms with E-state index in [1.807, 2.05) is 78.9 Å². The molecule has 0 spiro atoms. The molecule has 4 aromatic heterocycles. The average molecular weight is 660 g/mol.